The van der Waals surface area contributed by atoms with Gasteiger partial charge in [-0.25, -0.2) is 0 Å². The second kappa shape index (κ2) is 5.66. The molecular weight excluding hydrogens is 200 g/mol. The van der Waals surface area contributed by atoms with Crippen molar-refractivity contribution in [2.24, 2.45) is 11.7 Å². The fourth-order valence-corrected chi connectivity index (χ4v) is 1.45. The number of carbonyl (C=O) groups excluding carboxylic acids is 1. The van der Waals surface area contributed by atoms with Gasteiger partial charge in [-0.15, -0.1) is 0 Å². The van der Waals surface area contributed by atoms with E-state index in [0.717, 1.165) is 11.3 Å². The number of rotatable bonds is 4. The maximum Gasteiger partial charge on any atom is 0.224 e. The molecule has 0 bridgehead atoms. The van der Waals surface area contributed by atoms with Crippen LogP contribution in [0.4, 0.5) is 5.69 Å². The van der Waals surface area contributed by atoms with Crippen molar-refractivity contribution in [1.29, 1.82) is 0 Å². The summed E-state index contributed by atoms with van der Waals surface area (Å²) < 4.78 is 0. The number of hydrogen-bond acceptors (Lipinski definition) is 2. The summed E-state index contributed by atoms with van der Waals surface area (Å²) in [6, 6.07) is 7.68. The SMILES string of the molecule is CC(C)CC(=O)Nc1ccc(C(C)N)cc1. The maximum atomic E-state index is 11.5. The summed E-state index contributed by atoms with van der Waals surface area (Å²) in [5.41, 5.74) is 7.64. The van der Waals surface area contributed by atoms with Crippen molar-refractivity contribution in [1.82, 2.24) is 0 Å². The van der Waals surface area contributed by atoms with Crippen molar-refractivity contribution < 1.29 is 4.79 Å². The van der Waals surface area contributed by atoms with Crippen LogP contribution in [0.25, 0.3) is 0 Å². The van der Waals surface area contributed by atoms with E-state index >= 15 is 0 Å². The van der Waals surface area contributed by atoms with E-state index in [2.05, 4.69) is 5.32 Å². The number of nitrogens with two attached hydrogens (primary N) is 1. The van der Waals surface area contributed by atoms with E-state index in [4.69, 9.17) is 5.73 Å². The molecule has 0 fully saturated rings. The third kappa shape index (κ3) is 4.03. The standard InChI is InChI=1S/C13H20N2O/c1-9(2)8-13(16)15-12-6-4-11(5-7-12)10(3)14/h4-7,9-10H,8,14H2,1-3H3,(H,15,16). The fraction of sp³-hybridized carbons (Fsp3) is 0.462. The van der Waals surface area contributed by atoms with Crippen LogP contribution in [0.2, 0.25) is 0 Å². The summed E-state index contributed by atoms with van der Waals surface area (Å²) in [6.45, 7) is 5.99. The molecule has 3 nitrogen and oxygen atoms in total. The lowest BCUT2D eigenvalue weighted by Crippen LogP contribution is -2.14. The van der Waals surface area contributed by atoms with Gasteiger partial charge < -0.3 is 11.1 Å². The van der Waals surface area contributed by atoms with Gasteiger partial charge in [0.2, 0.25) is 5.91 Å². The minimum Gasteiger partial charge on any atom is -0.326 e. The molecule has 1 atom stereocenters. The third-order valence-corrected chi connectivity index (χ3v) is 2.31. The zero-order chi connectivity index (χ0) is 12.1. The van der Waals surface area contributed by atoms with E-state index in [9.17, 15) is 4.79 Å². The molecule has 0 aliphatic rings. The van der Waals surface area contributed by atoms with Gasteiger partial charge in [0.25, 0.3) is 0 Å². The van der Waals surface area contributed by atoms with Gasteiger partial charge in [0.15, 0.2) is 0 Å². The molecule has 3 N–H and O–H groups in total. The molecule has 0 saturated heterocycles. The number of hydrogen-bond donors (Lipinski definition) is 2. The lowest BCUT2D eigenvalue weighted by atomic mass is 10.1. The van der Waals surface area contributed by atoms with Crippen molar-refractivity contribution in [2.75, 3.05) is 5.32 Å². The van der Waals surface area contributed by atoms with Crippen molar-refractivity contribution in [2.45, 2.75) is 33.2 Å². The summed E-state index contributed by atoms with van der Waals surface area (Å²) in [5.74, 6) is 0.437. The zero-order valence-electron chi connectivity index (χ0n) is 10.2. The molecule has 0 radical (unpaired) electrons. The van der Waals surface area contributed by atoms with Crippen LogP contribution >= 0.6 is 0 Å². The Hall–Kier alpha value is -1.35. The smallest absolute Gasteiger partial charge is 0.224 e. The van der Waals surface area contributed by atoms with Crippen molar-refractivity contribution in [3.8, 4) is 0 Å². The molecule has 0 aromatic heterocycles. The molecule has 16 heavy (non-hydrogen) atoms. The van der Waals surface area contributed by atoms with E-state index < -0.39 is 0 Å². The molecule has 3 heteroatoms. The summed E-state index contributed by atoms with van der Waals surface area (Å²) >= 11 is 0. The molecule has 1 amide bonds. The second-order valence-corrected chi connectivity index (χ2v) is 4.56. The molecule has 88 valence electrons. The molecule has 1 aromatic carbocycles. The van der Waals surface area contributed by atoms with E-state index in [1.165, 1.54) is 0 Å². The van der Waals surface area contributed by atoms with Crippen LogP contribution < -0.4 is 11.1 Å². The first-order valence-electron chi connectivity index (χ1n) is 5.64. The molecule has 0 saturated carbocycles. The lowest BCUT2D eigenvalue weighted by molar-refractivity contribution is -0.116. The third-order valence-electron chi connectivity index (χ3n) is 2.31. The number of nitrogens with one attached hydrogen (secondary N) is 1. The Kier molecular flexibility index (Phi) is 4.50. The fourth-order valence-electron chi connectivity index (χ4n) is 1.45. The van der Waals surface area contributed by atoms with Gasteiger partial charge >= 0.3 is 0 Å². The maximum absolute atomic E-state index is 11.5. The molecule has 0 aliphatic heterocycles. The van der Waals surface area contributed by atoms with Gasteiger partial charge in [-0.2, -0.15) is 0 Å². The first-order valence-corrected chi connectivity index (χ1v) is 5.64. The van der Waals surface area contributed by atoms with E-state index in [1.807, 2.05) is 45.0 Å². The average molecular weight is 220 g/mol. The summed E-state index contributed by atoms with van der Waals surface area (Å²) in [6.07, 6.45) is 0.551. The van der Waals surface area contributed by atoms with Gasteiger partial charge in [0.05, 0.1) is 0 Å². The lowest BCUT2D eigenvalue weighted by Gasteiger charge is -2.09. The quantitative estimate of drug-likeness (QED) is 0.819. The van der Waals surface area contributed by atoms with Gasteiger partial charge in [0, 0.05) is 18.2 Å². The Balaban J connectivity index is 2.58. The Labute approximate surface area is 97.0 Å². The van der Waals surface area contributed by atoms with Crippen LogP contribution in [0.15, 0.2) is 24.3 Å². The normalized spacial score (nSPS) is 12.6. The number of carbonyl (C=O) groups is 1. The second-order valence-electron chi connectivity index (χ2n) is 4.56. The monoisotopic (exact) mass is 220 g/mol. The molecule has 1 aromatic rings. The van der Waals surface area contributed by atoms with Crippen LogP contribution in [-0.2, 0) is 4.79 Å². The van der Waals surface area contributed by atoms with Crippen LogP contribution in [-0.4, -0.2) is 5.91 Å². The van der Waals surface area contributed by atoms with Gasteiger partial charge in [-0.1, -0.05) is 26.0 Å². The molecule has 0 heterocycles. The highest BCUT2D eigenvalue weighted by Gasteiger charge is 2.05. The zero-order valence-corrected chi connectivity index (χ0v) is 10.2. The Bertz CT molecular complexity index is 341. The topological polar surface area (TPSA) is 55.1 Å². The van der Waals surface area contributed by atoms with Gasteiger partial charge in [-0.3, -0.25) is 4.79 Å². The highest BCUT2D eigenvalue weighted by atomic mass is 16.1. The molecular formula is C13H20N2O. The van der Waals surface area contributed by atoms with Crippen LogP contribution in [0, 0.1) is 5.92 Å². The van der Waals surface area contributed by atoms with Gasteiger partial charge in [-0.05, 0) is 30.5 Å². The highest BCUT2D eigenvalue weighted by molar-refractivity contribution is 5.90. The number of benzene rings is 1. The van der Waals surface area contributed by atoms with Crippen LogP contribution in [0.3, 0.4) is 0 Å². The Morgan fingerprint density at radius 2 is 1.81 bits per heavy atom. The van der Waals surface area contributed by atoms with Crippen LogP contribution in [0.1, 0.15) is 38.8 Å². The molecule has 0 spiro atoms. The predicted molar refractivity (Wildman–Crippen MR) is 67.1 cm³/mol. The Morgan fingerprint density at radius 3 is 2.25 bits per heavy atom. The van der Waals surface area contributed by atoms with Gasteiger partial charge in [0.1, 0.15) is 0 Å². The molecule has 1 unspecified atom stereocenters. The first kappa shape index (κ1) is 12.7. The first-order chi connectivity index (χ1) is 7.49. The summed E-state index contributed by atoms with van der Waals surface area (Å²) in [5, 5.41) is 2.86. The van der Waals surface area contributed by atoms with E-state index in [-0.39, 0.29) is 11.9 Å². The average Bonchev–Trinajstić information content (AvgIpc) is 2.16. The van der Waals surface area contributed by atoms with E-state index in [1.54, 1.807) is 0 Å². The number of amides is 1. The minimum absolute atomic E-state index is 0.0282. The molecule has 1 rings (SSSR count). The largest absolute Gasteiger partial charge is 0.326 e. The highest BCUT2D eigenvalue weighted by Crippen LogP contribution is 2.14. The summed E-state index contributed by atoms with van der Waals surface area (Å²) in [7, 11) is 0. The number of anilines is 1. The van der Waals surface area contributed by atoms with Crippen LogP contribution in [0.5, 0.6) is 0 Å². The molecule has 0 aliphatic carbocycles. The summed E-state index contributed by atoms with van der Waals surface area (Å²) in [4.78, 5) is 11.5. The Morgan fingerprint density at radius 1 is 1.25 bits per heavy atom. The van der Waals surface area contributed by atoms with Crippen molar-refractivity contribution in [3.05, 3.63) is 29.8 Å². The van der Waals surface area contributed by atoms with Crippen molar-refractivity contribution in [3.63, 3.8) is 0 Å². The van der Waals surface area contributed by atoms with Crippen molar-refractivity contribution >= 4 is 11.6 Å². The van der Waals surface area contributed by atoms with E-state index in [0.29, 0.717) is 12.3 Å². The predicted octanol–water partition coefficient (Wildman–Crippen LogP) is 2.69. The minimum atomic E-state index is 0.0282.